The Balaban J connectivity index is 1.75. The van der Waals surface area contributed by atoms with Crippen molar-refractivity contribution in [2.45, 2.75) is 33.1 Å². The number of anilines is 2. The van der Waals surface area contributed by atoms with Crippen LogP contribution in [0.3, 0.4) is 0 Å². The molecule has 0 aromatic heterocycles. The van der Waals surface area contributed by atoms with Gasteiger partial charge in [-0.3, -0.25) is 9.69 Å². The lowest BCUT2D eigenvalue weighted by atomic mass is 9.98. The molecule has 0 saturated carbocycles. The predicted molar refractivity (Wildman–Crippen MR) is 102 cm³/mol. The lowest BCUT2D eigenvalue weighted by Crippen LogP contribution is -2.27. The zero-order valence-corrected chi connectivity index (χ0v) is 14.7. The van der Waals surface area contributed by atoms with Gasteiger partial charge in [-0.25, -0.2) is 0 Å². The highest BCUT2D eigenvalue weighted by molar-refractivity contribution is 6.15. The van der Waals surface area contributed by atoms with E-state index in [4.69, 9.17) is 0 Å². The van der Waals surface area contributed by atoms with E-state index in [0.717, 1.165) is 53.2 Å². The first-order valence-electron chi connectivity index (χ1n) is 8.82. The van der Waals surface area contributed by atoms with Gasteiger partial charge in [-0.1, -0.05) is 30.3 Å². The number of amides is 1. The molecule has 126 valence electrons. The van der Waals surface area contributed by atoms with E-state index in [1.165, 1.54) is 5.56 Å². The van der Waals surface area contributed by atoms with Crippen molar-refractivity contribution in [3.63, 3.8) is 0 Å². The largest absolute Gasteiger partial charge is 0.351 e. The van der Waals surface area contributed by atoms with Crippen molar-refractivity contribution < 1.29 is 4.79 Å². The molecule has 2 aromatic carbocycles. The fourth-order valence-corrected chi connectivity index (χ4v) is 3.62. The summed E-state index contributed by atoms with van der Waals surface area (Å²) in [7, 11) is 0. The van der Waals surface area contributed by atoms with Crippen LogP contribution in [0.25, 0.3) is 0 Å². The number of rotatable bonds is 3. The first-order valence-corrected chi connectivity index (χ1v) is 8.82. The summed E-state index contributed by atoms with van der Waals surface area (Å²) in [6.45, 7) is 4.12. The molecule has 0 unspecified atom stereocenters. The SMILES string of the molecule is Cc1cccc(NC2=C3CCCC=C3N(c3cccc(C)c3)C2=O)c1. The highest BCUT2D eigenvalue weighted by Crippen LogP contribution is 2.39. The fourth-order valence-electron chi connectivity index (χ4n) is 3.62. The summed E-state index contributed by atoms with van der Waals surface area (Å²) in [5.74, 6) is 0.0373. The summed E-state index contributed by atoms with van der Waals surface area (Å²) in [4.78, 5) is 15.1. The summed E-state index contributed by atoms with van der Waals surface area (Å²) < 4.78 is 0. The topological polar surface area (TPSA) is 32.3 Å². The maximum Gasteiger partial charge on any atom is 0.279 e. The average Bonchev–Trinajstić information content (AvgIpc) is 2.87. The lowest BCUT2D eigenvalue weighted by Gasteiger charge is -2.22. The Morgan fingerprint density at radius 2 is 1.76 bits per heavy atom. The van der Waals surface area contributed by atoms with Crippen LogP contribution in [-0.4, -0.2) is 5.91 Å². The van der Waals surface area contributed by atoms with Crippen molar-refractivity contribution in [2.24, 2.45) is 0 Å². The molecule has 3 nitrogen and oxygen atoms in total. The Morgan fingerprint density at radius 3 is 2.52 bits per heavy atom. The monoisotopic (exact) mass is 330 g/mol. The number of hydrogen-bond donors (Lipinski definition) is 1. The van der Waals surface area contributed by atoms with Crippen LogP contribution in [0.4, 0.5) is 11.4 Å². The van der Waals surface area contributed by atoms with Crippen molar-refractivity contribution in [1.82, 2.24) is 0 Å². The molecule has 0 radical (unpaired) electrons. The van der Waals surface area contributed by atoms with Gasteiger partial charge in [0.2, 0.25) is 0 Å². The van der Waals surface area contributed by atoms with Gasteiger partial charge < -0.3 is 5.32 Å². The van der Waals surface area contributed by atoms with E-state index in [9.17, 15) is 4.79 Å². The second kappa shape index (κ2) is 6.25. The van der Waals surface area contributed by atoms with E-state index in [0.29, 0.717) is 0 Å². The van der Waals surface area contributed by atoms with Crippen LogP contribution >= 0.6 is 0 Å². The molecule has 1 aliphatic heterocycles. The molecule has 3 heteroatoms. The van der Waals surface area contributed by atoms with Gasteiger partial charge in [-0.2, -0.15) is 0 Å². The summed E-state index contributed by atoms with van der Waals surface area (Å²) >= 11 is 0. The Labute approximate surface area is 148 Å². The van der Waals surface area contributed by atoms with E-state index < -0.39 is 0 Å². The van der Waals surface area contributed by atoms with Crippen molar-refractivity contribution in [3.05, 3.63) is 82.7 Å². The van der Waals surface area contributed by atoms with Crippen LogP contribution < -0.4 is 10.2 Å². The van der Waals surface area contributed by atoms with Gasteiger partial charge in [0.1, 0.15) is 5.70 Å². The maximum atomic E-state index is 13.2. The number of allylic oxidation sites excluding steroid dienone is 2. The van der Waals surface area contributed by atoms with Gasteiger partial charge in [0.25, 0.3) is 5.91 Å². The minimum atomic E-state index is 0.0373. The Kier molecular flexibility index (Phi) is 3.92. The van der Waals surface area contributed by atoms with Crippen LogP contribution in [0, 0.1) is 13.8 Å². The van der Waals surface area contributed by atoms with Crippen molar-refractivity contribution >= 4 is 17.3 Å². The summed E-state index contributed by atoms with van der Waals surface area (Å²) in [6.07, 6.45) is 5.25. The van der Waals surface area contributed by atoms with Gasteiger partial charge in [-0.15, -0.1) is 0 Å². The number of carbonyl (C=O) groups excluding carboxylic acids is 1. The minimum Gasteiger partial charge on any atom is -0.351 e. The zero-order valence-electron chi connectivity index (χ0n) is 14.7. The van der Waals surface area contributed by atoms with Crippen LogP contribution in [-0.2, 0) is 4.79 Å². The zero-order chi connectivity index (χ0) is 17.4. The number of nitrogens with zero attached hydrogens (tertiary/aromatic N) is 1. The summed E-state index contributed by atoms with van der Waals surface area (Å²) in [6, 6.07) is 16.3. The van der Waals surface area contributed by atoms with Crippen molar-refractivity contribution in [3.8, 4) is 0 Å². The maximum absolute atomic E-state index is 13.2. The van der Waals surface area contributed by atoms with Gasteiger partial charge in [0, 0.05) is 16.9 Å². The number of fused-ring (bicyclic) bond motifs is 1. The second-order valence-electron chi connectivity index (χ2n) is 6.81. The van der Waals surface area contributed by atoms with Gasteiger partial charge in [-0.05, 0) is 68.5 Å². The van der Waals surface area contributed by atoms with Gasteiger partial charge in [0.15, 0.2) is 0 Å². The Hall–Kier alpha value is -2.81. The number of aryl methyl sites for hydroxylation is 2. The van der Waals surface area contributed by atoms with Crippen LogP contribution in [0.2, 0.25) is 0 Å². The molecule has 25 heavy (non-hydrogen) atoms. The minimum absolute atomic E-state index is 0.0373. The standard InChI is InChI=1S/C22H22N2O/c1-15-7-5-9-17(13-15)23-21-19-11-3-4-12-20(19)24(22(21)25)18-10-6-8-16(2)14-18/h5-10,12-14,23H,3-4,11H2,1-2H3. The molecular formula is C22H22N2O. The summed E-state index contributed by atoms with van der Waals surface area (Å²) in [5, 5.41) is 3.39. The van der Waals surface area contributed by atoms with E-state index in [2.05, 4.69) is 49.5 Å². The number of carbonyl (C=O) groups is 1. The summed E-state index contributed by atoms with van der Waals surface area (Å²) in [5.41, 5.74) is 7.15. The molecule has 0 atom stereocenters. The quantitative estimate of drug-likeness (QED) is 0.851. The molecule has 0 bridgehead atoms. The molecule has 1 N–H and O–H groups in total. The Morgan fingerprint density at radius 1 is 1.00 bits per heavy atom. The van der Waals surface area contributed by atoms with Crippen molar-refractivity contribution in [2.75, 3.05) is 10.2 Å². The van der Waals surface area contributed by atoms with E-state index in [1.807, 2.05) is 29.2 Å². The molecular weight excluding hydrogens is 308 g/mol. The molecule has 1 aliphatic carbocycles. The molecule has 1 amide bonds. The third-order valence-electron chi connectivity index (χ3n) is 4.78. The highest BCUT2D eigenvalue weighted by atomic mass is 16.2. The first-order chi connectivity index (χ1) is 12.1. The molecule has 2 aliphatic rings. The molecule has 1 heterocycles. The average molecular weight is 330 g/mol. The Bertz CT molecular complexity index is 908. The molecule has 0 saturated heterocycles. The fraction of sp³-hybridized carbons (Fsp3) is 0.227. The molecule has 4 rings (SSSR count). The number of benzene rings is 2. The molecule has 2 aromatic rings. The second-order valence-corrected chi connectivity index (χ2v) is 6.81. The predicted octanol–water partition coefficient (Wildman–Crippen LogP) is 5.08. The van der Waals surface area contributed by atoms with E-state index in [1.54, 1.807) is 0 Å². The van der Waals surface area contributed by atoms with Gasteiger partial charge >= 0.3 is 0 Å². The lowest BCUT2D eigenvalue weighted by molar-refractivity contribution is -0.114. The van der Waals surface area contributed by atoms with Gasteiger partial charge in [0.05, 0.1) is 5.70 Å². The van der Waals surface area contributed by atoms with Crippen LogP contribution in [0.15, 0.2) is 71.6 Å². The highest BCUT2D eigenvalue weighted by Gasteiger charge is 2.36. The molecule has 0 spiro atoms. The number of nitrogens with one attached hydrogen (secondary N) is 1. The van der Waals surface area contributed by atoms with Crippen LogP contribution in [0.1, 0.15) is 30.4 Å². The van der Waals surface area contributed by atoms with Crippen molar-refractivity contribution in [1.29, 1.82) is 0 Å². The normalized spacial score (nSPS) is 16.8. The van der Waals surface area contributed by atoms with Crippen LogP contribution in [0.5, 0.6) is 0 Å². The molecule has 0 fully saturated rings. The third-order valence-corrected chi connectivity index (χ3v) is 4.78. The van der Waals surface area contributed by atoms with E-state index >= 15 is 0 Å². The van der Waals surface area contributed by atoms with E-state index in [-0.39, 0.29) is 5.91 Å². The number of hydrogen-bond acceptors (Lipinski definition) is 2. The third kappa shape index (κ3) is 2.86. The first kappa shape index (κ1) is 15.7. The smallest absolute Gasteiger partial charge is 0.279 e.